The highest BCUT2D eigenvalue weighted by Gasteiger charge is 2.35. The molecular weight excluding hydrogens is 173 g/mol. The summed E-state index contributed by atoms with van der Waals surface area (Å²) in [5, 5.41) is 18.0. The Labute approximate surface area is 76.5 Å². The van der Waals surface area contributed by atoms with Gasteiger partial charge in [-0.3, -0.25) is 9.59 Å². The number of rotatable bonds is 2. The molecule has 1 atom stereocenters. The maximum Gasteiger partial charge on any atom is 0.377 e. The number of carboxylic acids is 1. The topological polar surface area (TPSA) is 77.8 Å². The molecule has 72 valence electrons. The molecular formula is C7H12BNO4. The van der Waals surface area contributed by atoms with Crippen molar-refractivity contribution in [3.8, 4) is 0 Å². The largest absolute Gasteiger partial charge is 0.480 e. The zero-order valence-corrected chi connectivity index (χ0v) is 7.43. The fraction of sp³-hybridized carbons (Fsp3) is 0.714. The molecule has 0 amide bonds. The number of nitrogens with zero attached hydrogens (tertiary/aromatic N) is 1. The van der Waals surface area contributed by atoms with Crippen molar-refractivity contribution in [1.29, 1.82) is 0 Å². The number of aliphatic carboxylic acids is 1. The summed E-state index contributed by atoms with van der Waals surface area (Å²) in [7, 11) is -0.811. The molecule has 13 heavy (non-hydrogen) atoms. The van der Waals surface area contributed by atoms with Crippen LogP contribution in [0.1, 0.15) is 12.8 Å². The van der Waals surface area contributed by atoms with E-state index in [4.69, 9.17) is 5.11 Å². The molecule has 0 bridgehead atoms. The van der Waals surface area contributed by atoms with Crippen LogP contribution < -0.4 is 0 Å². The number of piperidine rings is 1. The molecule has 5 nitrogen and oxygen atoms in total. The van der Waals surface area contributed by atoms with Crippen molar-refractivity contribution in [1.82, 2.24) is 4.81 Å². The molecule has 1 fully saturated rings. The Morgan fingerprint density at radius 3 is 2.77 bits per heavy atom. The molecule has 0 aromatic carbocycles. The third-order valence-corrected chi connectivity index (χ3v) is 2.24. The maximum atomic E-state index is 11.0. The third kappa shape index (κ3) is 2.29. The van der Waals surface area contributed by atoms with Gasteiger partial charge in [0, 0.05) is 12.8 Å². The van der Waals surface area contributed by atoms with E-state index in [1.165, 1.54) is 11.6 Å². The summed E-state index contributed by atoms with van der Waals surface area (Å²) in [6.07, 6.45) is 0.328. The Bertz CT molecular complexity index is 231. The first-order valence-electron chi connectivity index (χ1n) is 4.20. The Kier molecular flexibility index (Phi) is 3.05. The summed E-state index contributed by atoms with van der Waals surface area (Å²) < 4.78 is 0. The SMILES string of the molecule is CB(O)N1CCC(=O)C[C@@H]1C(=O)O. The van der Waals surface area contributed by atoms with Crippen LogP contribution in [0.25, 0.3) is 0 Å². The minimum Gasteiger partial charge on any atom is -0.480 e. The molecule has 0 unspecified atom stereocenters. The van der Waals surface area contributed by atoms with Gasteiger partial charge in [0.15, 0.2) is 0 Å². The van der Waals surface area contributed by atoms with Gasteiger partial charge in [-0.25, -0.2) is 0 Å². The Morgan fingerprint density at radius 1 is 1.69 bits per heavy atom. The van der Waals surface area contributed by atoms with Crippen LogP contribution in [-0.2, 0) is 9.59 Å². The van der Waals surface area contributed by atoms with Crippen molar-refractivity contribution in [2.45, 2.75) is 25.7 Å². The fourth-order valence-electron chi connectivity index (χ4n) is 1.52. The summed E-state index contributed by atoms with van der Waals surface area (Å²) in [4.78, 5) is 23.1. The standard InChI is InChI=1S/C7H12BNO4/c1-8(13)9-3-2-5(10)4-6(9)7(11)12/h6,13H,2-4H2,1H3,(H,11,12)/t6-/m1/s1. The molecule has 0 radical (unpaired) electrons. The molecule has 0 saturated carbocycles. The monoisotopic (exact) mass is 185 g/mol. The number of ketones is 1. The van der Waals surface area contributed by atoms with Gasteiger partial charge in [0.1, 0.15) is 11.8 Å². The van der Waals surface area contributed by atoms with Crippen molar-refractivity contribution in [2.24, 2.45) is 0 Å². The summed E-state index contributed by atoms with van der Waals surface area (Å²) in [6.45, 7) is 1.83. The van der Waals surface area contributed by atoms with Crippen LogP contribution in [0.15, 0.2) is 0 Å². The van der Waals surface area contributed by atoms with Crippen LogP contribution >= 0.6 is 0 Å². The van der Waals surface area contributed by atoms with Crippen molar-refractivity contribution in [3.63, 3.8) is 0 Å². The molecule has 6 heteroatoms. The minimum atomic E-state index is -1.05. The van der Waals surface area contributed by atoms with Crippen LogP contribution in [0.5, 0.6) is 0 Å². The lowest BCUT2D eigenvalue weighted by Crippen LogP contribution is -2.53. The van der Waals surface area contributed by atoms with E-state index in [0.29, 0.717) is 13.0 Å². The van der Waals surface area contributed by atoms with Gasteiger partial charge < -0.3 is 14.9 Å². The lowest BCUT2D eigenvalue weighted by molar-refractivity contribution is -0.145. The van der Waals surface area contributed by atoms with Gasteiger partial charge in [-0.2, -0.15) is 0 Å². The van der Waals surface area contributed by atoms with Crippen LogP contribution in [0.4, 0.5) is 0 Å². The molecule has 1 rings (SSSR count). The van der Waals surface area contributed by atoms with Gasteiger partial charge in [-0.15, -0.1) is 0 Å². The Hall–Kier alpha value is -0.875. The molecule has 1 aliphatic heterocycles. The number of carboxylic acid groups (broad SMARTS) is 1. The van der Waals surface area contributed by atoms with Crippen LogP contribution in [0, 0.1) is 0 Å². The van der Waals surface area contributed by atoms with E-state index in [1.807, 2.05) is 0 Å². The summed E-state index contributed by atoms with van der Waals surface area (Å²) in [6, 6.07) is -0.860. The average molecular weight is 185 g/mol. The van der Waals surface area contributed by atoms with Crippen LogP contribution in [0.3, 0.4) is 0 Å². The number of Topliss-reactive ketones (excluding diaryl/α,β-unsaturated/α-hetero) is 1. The van der Waals surface area contributed by atoms with E-state index < -0.39 is 19.1 Å². The molecule has 1 saturated heterocycles. The van der Waals surface area contributed by atoms with Crippen molar-refractivity contribution < 1.29 is 19.7 Å². The maximum absolute atomic E-state index is 11.0. The molecule has 0 aromatic heterocycles. The van der Waals surface area contributed by atoms with Crippen molar-refractivity contribution in [3.05, 3.63) is 0 Å². The van der Waals surface area contributed by atoms with Crippen molar-refractivity contribution >= 4 is 18.8 Å². The highest BCUT2D eigenvalue weighted by atomic mass is 16.4. The zero-order valence-electron chi connectivity index (χ0n) is 7.43. The lowest BCUT2D eigenvalue weighted by atomic mass is 9.79. The molecule has 0 aliphatic carbocycles. The van der Waals surface area contributed by atoms with Gasteiger partial charge in [-0.05, 0) is 13.4 Å². The van der Waals surface area contributed by atoms with Gasteiger partial charge >= 0.3 is 13.0 Å². The first kappa shape index (κ1) is 10.2. The summed E-state index contributed by atoms with van der Waals surface area (Å²) >= 11 is 0. The second-order valence-corrected chi connectivity index (χ2v) is 3.22. The van der Waals surface area contributed by atoms with Crippen molar-refractivity contribution in [2.75, 3.05) is 6.54 Å². The fourth-order valence-corrected chi connectivity index (χ4v) is 1.52. The predicted molar refractivity (Wildman–Crippen MR) is 46.2 cm³/mol. The first-order chi connectivity index (χ1) is 6.02. The Balaban J connectivity index is 2.71. The van der Waals surface area contributed by atoms with E-state index in [9.17, 15) is 14.6 Å². The molecule has 1 aliphatic rings. The number of carbonyl (C=O) groups is 2. The summed E-state index contributed by atoms with van der Waals surface area (Å²) in [5.74, 6) is -1.10. The van der Waals surface area contributed by atoms with E-state index in [-0.39, 0.29) is 12.2 Å². The van der Waals surface area contributed by atoms with Gasteiger partial charge in [0.05, 0.1) is 0 Å². The normalized spacial score (nSPS) is 24.5. The average Bonchev–Trinajstić information content (AvgIpc) is 2.03. The number of carbonyl (C=O) groups excluding carboxylic acids is 1. The van der Waals surface area contributed by atoms with Gasteiger partial charge in [0.2, 0.25) is 0 Å². The first-order valence-corrected chi connectivity index (χ1v) is 4.20. The molecule has 1 heterocycles. The highest BCUT2D eigenvalue weighted by Crippen LogP contribution is 2.15. The lowest BCUT2D eigenvalue weighted by Gasteiger charge is -2.32. The smallest absolute Gasteiger partial charge is 0.377 e. The predicted octanol–water partition coefficient (Wildman–Crippen LogP) is -0.785. The second-order valence-electron chi connectivity index (χ2n) is 3.22. The summed E-state index contributed by atoms with van der Waals surface area (Å²) in [5.41, 5.74) is 0. The van der Waals surface area contributed by atoms with Gasteiger partial charge in [0.25, 0.3) is 0 Å². The van der Waals surface area contributed by atoms with Crippen LogP contribution in [0.2, 0.25) is 6.82 Å². The zero-order chi connectivity index (χ0) is 10.0. The van der Waals surface area contributed by atoms with Crippen LogP contribution in [-0.4, -0.2) is 46.3 Å². The van der Waals surface area contributed by atoms with E-state index in [2.05, 4.69) is 0 Å². The van der Waals surface area contributed by atoms with Gasteiger partial charge in [-0.1, -0.05) is 0 Å². The van der Waals surface area contributed by atoms with E-state index >= 15 is 0 Å². The molecule has 0 spiro atoms. The Morgan fingerprint density at radius 2 is 2.31 bits per heavy atom. The van der Waals surface area contributed by atoms with E-state index in [1.54, 1.807) is 0 Å². The molecule has 2 N–H and O–H groups in total. The quantitative estimate of drug-likeness (QED) is 0.551. The third-order valence-electron chi connectivity index (χ3n) is 2.24. The second kappa shape index (κ2) is 3.89. The molecule has 0 aromatic rings. The number of hydrogen-bond acceptors (Lipinski definition) is 4. The minimum absolute atomic E-state index is 0.000231. The van der Waals surface area contributed by atoms with E-state index in [0.717, 1.165) is 0 Å². The highest BCUT2D eigenvalue weighted by molar-refractivity contribution is 6.45. The number of hydrogen-bond donors (Lipinski definition) is 2.